The molecule has 0 saturated heterocycles. The van der Waals surface area contributed by atoms with Crippen molar-refractivity contribution in [2.75, 3.05) is 0 Å². The van der Waals surface area contributed by atoms with E-state index in [9.17, 15) is 21.6 Å². The minimum Gasteiger partial charge on any atom is -0.207 e. The lowest BCUT2D eigenvalue weighted by Crippen LogP contribution is -2.34. The first kappa shape index (κ1) is 20.2. The molecule has 27 heavy (non-hydrogen) atoms. The molecule has 0 radical (unpaired) electrons. The van der Waals surface area contributed by atoms with Crippen molar-refractivity contribution in [2.24, 2.45) is 4.36 Å². The van der Waals surface area contributed by atoms with Crippen LogP contribution in [0.2, 0.25) is 5.02 Å². The highest BCUT2D eigenvalue weighted by Gasteiger charge is 2.41. The molecule has 1 aliphatic carbocycles. The summed E-state index contributed by atoms with van der Waals surface area (Å²) < 4.78 is 71.0. The second-order valence-corrected chi connectivity index (χ2v) is 8.90. The van der Waals surface area contributed by atoms with E-state index >= 15 is 0 Å². The average Bonchev–Trinajstić information content (AvgIpc) is 3.29. The van der Waals surface area contributed by atoms with Crippen LogP contribution in [0.1, 0.15) is 25.3 Å². The molecule has 0 aromatic heterocycles. The highest BCUT2D eigenvalue weighted by molar-refractivity contribution is 7.89. The fourth-order valence-corrected chi connectivity index (χ4v) is 4.53. The van der Waals surface area contributed by atoms with Crippen molar-refractivity contribution in [3.05, 3.63) is 47.0 Å². The van der Waals surface area contributed by atoms with Gasteiger partial charge < -0.3 is 0 Å². The van der Waals surface area contributed by atoms with Gasteiger partial charge in [0, 0.05) is 23.5 Å². The summed E-state index contributed by atoms with van der Waals surface area (Å²) in [5.74, 6) is 0. The molecule has 1 saturated carbocycles. The number of alkyl halides is 3. The molecule has 4 nitrogen and oxygen atoms in total. The lowest BCUT2D eigenvalue weighted by Gasteiger charge is -2.16. The van der Waals surface area contributed by atoms with Crippen LogP contribution in [0.15, 0.2) is 45.7 Å². The first-order valence-corrected chi connectivity index (χ1v) is 10.1. The molecule has 0 heterocycles. The van der Waals surface area contributed by atoms with Crippen molar-refractivity contribution in [3.63, 3.8) is 0 Å². The number of benzene rings is 2. The van der Waals surface area contributed by atoms with Crippen LogP contribution < -0.4 is 4.72 Å². The van der Waals surface area contributed by atoms with E-state index in [4.69, 9.17) is 11.6 Å². The number of hydrogen-bond acceptors (Lipinski definition) is 4. The van der Waals surface area contributed by atoms with Crippen molar-refractivity contribution in [3.8, 4) is 11.1 Å². The zero-order valence-corrected chi connectivity index (χ0v) is 16.4. The Balaban J connectivity index is 2.04. The molecule has 0 bridgehead atoms. The predicted molar refractivity (Wildman–Crippen MR) is 99.3 cm³/mol. The normalized spacial score (nSPS) is 16.2. The fourth-order valence-electron chi connectivity index (χ4n) is 2.64. The third-order valence-electron chi connectivity index (χ3n) is 4.32. The van der Waals surface area contributed by atoms with E-state index in [0.29, 0.717) is 0 Å². The van der Waals surface area contributed by atoms with Gasteiger partial charge in [-0.05, 0) is 49.6 Å². The number of halogens is 4. The van der Waals surface area contributed by atoms with Crippen molar-refractivity contribution in [2.45, 2.75) is 36.4 Å². The predicted octanol–water partition coefficient (Wildman–Crippen LogP) is 5.22. The van der Waals surface area contributed by atoms with Gasteiger partial charge in [-0.1, -0.05) is 23.7 Å². The van der Waals surface area contributed by atoms with Gasteiger partial charge in [0.25, 0.3) is 0 Å². The van der Waals surface area contributed by atoms with Gasteiger partial charge in [-0.15, -0.1) is 0 Å². The largest absolute Gasteiger partial charge is 0.417 e. The second-order valence-electron chi connectivity index (χ2n) is 6.63. The standard InChI is InChI=1S/C17H14ClF3N2O2S2/c1-16(6-7-16)23-27(24,25)12-4-2-10(3-5-12)15-13(17(19,20)21)8-11(22-26)9-14(15)18/h2-5,8-9,23H,6-7H2,1H3. The van der Waals surface area contributed by atoms with Crippen LogP contribution in [0.25, 0.3) is 11.1 Å². The van der Waals surface area contributed by atoms with Crippen LogP contribution in [0.4, 0.5) is 18.9 Å². The average molecular weight is 435 g/mol. The lowest BCUT2D eigenvalue weighted by atomic mass is 9.98. The fraction of sp³-hybridized carbons (Fsp3) is 0.294. The number of nitrogens with one attached hydrogen (secondary N) is 1. The number of rotatable bonds is 5. The minimum atomic E-state index is -4.68. The quantitative estimate of drug-likeness (QED) is 0.702. The molecule has 0 amide bonds. The van der Waals surface area contributed by atoms with Crippen LogP contribution in [0.3, 0.4) is 0 Å². The van der Waals surface area contributed by atoms with Crippen molar-refractivity contribution in [1.82, 2.24) is 4.72 Å². The molecule has 2 aromatic rings. The smallest absolute Gasteiger partial charge is 0.207 e. The molecule has 10 heteroatoms. The molecule has 0 spiro atoms. The lowest BCUT2D eigenvalue weighted by molar-refractivity contribution is -0.137. The Morgan fingerprint density at radius 3 is 2.26 bits per heavy atom. The first-order valence-electron chi connectivity index (χ1n) is 7.84. The van der Waals surface area contributed by atoms with E-state index in [1.54, 1.807) is 6.92 Å². The minimum absolute atomic E-state index is 0.0266. The Morgan fingerprint density at radius 1 is 1.19 bits per heavy atom. The van der Waals surface area contributed by atoms with Gasteiger partial charge in [0.05, 0.1) is 21.2 Å². The Bertz CT molecular complexity index is 1000. The SMILES string of the molecule is CC1(NS(=O)(=O)c2ccc(-c3c(Cl)cc(N=S)cc3C(F)(F)F)cc2)CC1. The number of hydrogen-bond donors (Lipinski definition) is 1. The van der Waals surface area contributed by atoms with Crippen LogP contribution in [-0.4, -0.2) is 14.0 Å². The topological polar surface area (TPSA) is 58.5 Å². The maximum Gasteiger partial charge on any atom is 0.417 e. The van der Waals surface area contributed by atoms with Crippen LogP contribution >= 0.6 is 11.6 Å². The number of nitrogens with zero attached hydrogens (tertiary/aromatic N) is 1. The van der Waals surface area contributed by atoms with Crippen molar-refractivity contribution < 1.29 is 21.6 Å². The van der Waals surface area contributed by atoms with Gasteiger partial charge in [-0.3, -0.25) is 0 Å². The van der Waals surface area contributed by atoms with E-state index in [1.165, 1.54) is 30.3 Å². The maximum atomic E-state index is 13.5. The Morgan fingerprint density at radius 2 is 1.78 bits per heavy atom. The van der Waals surface area contributed by atoms with Gasteiger partial charge in [0.2, 0.25) is 10.0 Å². The molecule has 0 aliphatic heterocycles. The molecule has 0 atom stereocenters. The van der Waals surface area contributed by atoms with Crippen LogP contribution in [-0.2, 0) is 28.6 Å². The van der Waals surface area contributed by atoms with Crippen LogP contribution in [0.5, 0.6) is 0 Å². The van der Waals surface area contributed by atoms with E-state index in [2.05, 4.69) is 21.5 Å². The Kier molecular flexibility index (Phi) is 5.09. The highest BCUT2D eigenvalue weighted by Crippen LogP contribution is 2.43. The van der Waals surface area contributed by atoms with Gasteiger partial charge in [0.1, 0.15) is 0 Å². The summed E-state index contributed by atoms with van der Waals surface area (Å²) in [6.07, 6.45) is -3.19. The third-order valence-corrected chi connectivity index (χ3v) is 6.48. The summed E-state index contributed by atoms with van der Waals surface area (Å²) in [7, 11) is -3.75. The summed E-state index contributed by atoms with van der Waals surface area (Å²) in [5.41, 5.74) is -1.63. The molecule has 3 rings (SSSR count). The van der Waals surface area contributed by atoms with E-state index in [-0.39, 0.29) is 26.7 Å². The van der Waals surface area contributed by atoms with Crippen molar-refractivity contribution >= 4 is 39.7 Å². The van der Waals surface area contributed by atoms with E-state index < -0.39 is 27.3 Å². The Hall–Kier alpha value is -1.55. The van der Waals surface area contributed by atoms with Gasteiger partial charge in [0.15, 0.2) is 0 Å². The zero-order chi connectivity index (χ0) is 20.0. The van der Waals surface area contributed by atoms with Crippen molar-refractivity contribution in [1.29, 1.82) is 0 Å². The highest BCUT2D eigenvalue weighted by atomic mass is 35.5. The monoisotopic (exact) mass is 434 g/mol. The van der Waals surface area contributed by atoms with E-state index in [0.717, 1.165) is 18.9 Å². The first-order chi connectivity index (χ1) is 12.5. The van der Waals surface area contributed by atoms with Gasteiger partial charge in [-0.25, -0.2) is 13.1 Å². The van der Waals surface area contributed by atoms with Gasteiger partial charge in [-0.2, -0.15) is 17.5 Å². The summed E-state index contributed by atoms with van der Waals surface area (Å²) in [5, 5.41) is -0.173. The van der Waals surface area contributed by atoms with Gasteiger partial charge >= 0.3 is 6.18 Å². The molecular weight excluding hydrogens is 421 g/mol. The third kappa shape index (κ3) is 4.31. The summed E-state index contributed by atoms with van der Waals surface area (Å²) in [4.78, 5) is -0.0266. The molecule has 1 fully saturated rings. The molecule has 1 N–H and O–H groups in total. The molecule has 2 aromatic carbocycles. The summed E-state index contributed by atoms with van der Waals surface area (Å²) in [6.45, 7) is 1.79. The zero-order valence-electron chi connectivity index (χ0n) is 14.0. The van der Waals surface area contributed by atoms with Crippen LogP contribution in [0, 0.1) is 0 Å². The van der Waals surface area contributed by atoms with E-state index in [1.807, 2.05) is 0 Å². The second kappa shape index (κ2) is 6.80. The molecular formula is C17H14ClF3N2O2S2. The molecule has 1 aliphatic rings. The molecule has 0 unspecified atom stereocenters. The number of sulfonamides is 1. The maximum absolute atomic E-state index is 13.5. The summed E-state index contributed by atoms with van der Waals surface area (Å²) >= 11 is 10.5. The molecule has 144 valence electrons. The summed E-state index contributed by atoms with van der Waals surface area (Å²) in [6, 6.07) is 7.15. The Labute approximate surface area is 165 Å².